The summed E-state index contributed by atoms with van der Waals surface area (Å²) in [6.45, 7) is 3.54. The van der Waals surface area contributed by atoms with Gasteiger partial charge in [0.15, 0.2) is 0 Å². The summed E-state index contributed by atoms with van der Waals surface area (Å²) >= 11 is 1.02. The molecule has 0 saturated heterocycles. The molecule has 0 saturated carbocycles. The van der Waals surface area contributed by atoms with Crippen LogP contribution in [0.1, 0.15) is 13.8 Å². The minimum atomic E-state index is -0.653. The average Bonchev–Trinajstić information content (AvgIpc) is 2.05. The van der Waals surface area contributed by atoms with E-state index in [1.807, 2.05) is 0 Å². The number of nitrogens with zero attached hydrogens (tertiary/aromatic N) is 1. The zero-order valence-electron chi connectivity index (χ0n) is 7.33. The normalized spacial score (nSPS) is 9.82. The van der Waals surface area contributed by atoms with E-state index in [2.05, 4.69) is 0 Å². The summed E-state index contributed by atoms with van der Waals surface area (Å²) in [5.74, 6) is 0. The van der Waals surface area contributed by atoms with Crippen LogP contribution in [0.25, 0.3) is 0 Å². The fourth-order valence-corrected chi connectivity index (χ4v) is 0.714. The third-order valence-corrected chi connectivity index (χ3v) is 1.24. The molecule has 0 radical (unpaired) electrons. The molecule has 3 amide bonds. The predicted molar refractivity (Wildman–Crippen MR) is 37.3 cm³/mol. The van der Waals surface area contributed by atoms with Gasteiger partial charge in [0.2, 0.25) is 0 Å². The third-order valence-electron chi connectivity index (χ3n) is 0.910. The second-order valence-corrected chi connectivity index (χ2v) is 3.87. The number of hydrogen-bond donors (Lipinski definition) is 1. The van der Waals surface area contributed by atoms with Crippen LogP contribution in [0.2, 0.25) is 1.41 Å². The number of imide groups is 1. The van der Waals surface area contributed by atoms with Gasteiger partial charge in [-0.05, 0) is 0 Å². The van der Waals surface area contributed by atoms with E-state index >= 15 is 0 Å². The average molecular weight is 326 g/mol. The van der Waals surface area contributed by atoms with Crippen LogP contribution in [0, 0.1) is 0 Å². The molecule has 0 unspecified atom stereocenters. The van der Waals surface area contributed by atoms with Crippen LogP contribution in [0.5, 0.6) is 0 Å². The first-order chi connectivity index (χ1) is 5.54. The van der Waals surface area contributed by atoms with Crippen molar-refractivity contribution in [2.45, 2.75) is 13.8 Å². The Balaban J connectivity index is 4.35. The molecule has 0 atom stereocenters. The number of amides is 3. The van der Waals surface area contributed by atoms with Gasteiger partial charge in [-0.3, -0.25) is 0 Å². The molecule has 0 aromatic heterocycles. The summed E-state index contributed by atoms with van der Waals surface area (Å²) in [6, 6.07) is -0.653. The van der Waals surface area contributed by atoms with Gasteiger partial charge in [0, 0.05) is 0 Å². The van der Waals surface area contributed by atoms with E-state index < -0.39 is 6.03 Å². The van der Waals surface area contributed by atoms with Crippen molar-refractivity contribution in [3.63, 3.8) is 0 Å². The van der Waals surface area contributed by atoms with Crippen LogP contribution in [0.3, 0.4) is 0 Å². The Morgan fingerprint density at radius 2 is 2.45 bits per heavy atom. The molecule has 5 heteroatoms. The fourth-order valence-electron chi connectivity index (χ4n) is 0.434. The molecule has 0 aliphatic rings. The van der Waals surface area contributed by atoms with Crippen LogP contribution in [-0.4, -0.2) is 27.9 Å². The van der Waals surface area contributed by atoms with Gasteiger partial charge in [0.05, 0.1) is 0 Å². The molecule has 0 fully saturated rings. The van der Waals surface area contributed by atoms with Gasteiger partial charge in [0.1, 0.15) is 0 Å². The molecule has 0 heterocycles. The minimum absolute atomic E-state index is 0.236. The van der Waals surface area contributed by atoms with E-state index in [9.17, 15) is 9.59 Å². The van der Waals surface area contributed by atoms with Crippen molar-refractivity contribution in [1.82, 2.24) is 10.2 Å². The van der Waals surface area contributed by atoms with E-state index in [1.165, 1.54) is 6.41 Å². The molecule has 4 nitrogen and oxygen atoms in total. The van der Waals surface area contributed by atoms with Gasteiger partial charge in [-0.1, -0.05) is 0 Å². The summed E-state index contributed by atoms with van der Waals surface area (Å²) in [5, 5.41) is 0.698. The topological polar surface area (TPSA) is 49.4 Å². The summed E-state index contributed by atoms with van der Waals surface area (Å²) in [6.07, 6.45) is 1.46. The van der Waals surface area contributed by atoms with Gasteiger partial charge < -0.3 is 0 Å². The Bertz CT molecular complexity index is 206. The zero-order valence-corrected chi connectivity index (χ0v) is 9.26. The van der Waals surface area contributed by atoms with E-state index in [0.29, 0.717) is 9.33 Å². The number of carbonyl (C=O) groups is 1. The Morgan fingerprint density at radius 3 is 2.73 bits per heavy atom. The zero-order chi connectivity index (χ0) is 9.72. The monoisotopic (exact) mass is 326 g/mol. The van der Waals surface area contributed by atoms with E-state index in [-0.39, 0.29) is 6.54 Å². The SMILES string of the molecule is [2H]N(C(=O)N([C-]=O)CC)[C](C)=[W]. The molecule has 0 bridgehead atoms. The number of nitrogens with one attached hydrogen (secondary N) is 1. The summed E-state index contributed by atoms with van der Waals surface area (Å²) in [7, 11) is 0. The molecule has 0 aliphatic carbocycles. The van der Waals surface area contributed by atoms with E-state index in [0.717, 1.165) is 24.3 Å². The molecule has 0 aromatic carbocycles. The first-order valence-electron chi connectivity index (χ1n) is 3.48. The van der Waals surface area contributed by atoms with Crippen LogP contribution in [-0.2, 0) is 24.1 Å². The maximum absolute atomic E-state index is 11.1. The summed E-state index contributed by atoms with van der Waals surface area (Å²) in [5.41, 5.74) is 0. The molecule has 1 N–H and O–H groups in total. The van der Waals surface area contributed by atoms with Crippen LogP contribution < -0.4 is 5.31 Å². The van der Waals surface area contributed by atoms with Crippen molar-refractivity contribution >= 4 is 16.5 Å². The van der Waals surface area contributed by atoms with Crippen molar-refractivity contribution in [3.8, 4) is 0 Å². The molecule has 0 aromatic rings. The Labute approximate surface area is 77.8 Å². The summed E-state index contributed by atoms with van der Waals surface area (Å²) < 4.78 is 7.81. The Morgan fingerprint density at radius 1 is 1.91 bits per heavy atom. The van der Waals surface area contributed by atoms with Gasteiger partial charge in [0.25, 0.3) is 0 Å². The number of hydrogen-bond acceptors (Lipinski definition) is 2. The quantitative estimate of drug-likeness (QED) is 0.576. The van der Waals surface area contributed by atoms with Crippen molar-refractivity contribution in [3.05, 3.63) is 0 Å². The molecule has 0 rings (SSSR count). The van der Waals surface area contributed by atoms with Crippen molar-refractivity contribution in [2.24, 2.45) is 0 Å². The maximum atomic E-state index is 11.1. The number of rotatable bonds is 3. The van der Waals surface area contributed by atoms with Crippen LogP contribution >= 0.6 is 0 Å². The predicted octanol–water partition coefficient (Wildman–Crippen LogP) is -0.218. The van der Waals surface area contributed by atoms with Crippen LogP contribution in [0.4, 0.5) is 4.79 Å². The van der Waals surface area contributed by atoms with Gasteiger partial charge in [-0.25, -0.2) is 0 Å². The molecular weight excluding hydrogens is 316 g/mol. The molecule has 11 heavy (non-hydrogen) atoms. The molecular formula is C6H9N2O2W-. The standard InChI is InChI=1S/C6H9N2O2.W/c1-3-7-6(10)8(4-2)5-9;/h4H2,1-2H3,(H,7,10);/q-1;/i/hD. The van der Waals surface area contributed by atoms with E-state index in [4.69, 9.17) is 1.41 Å². The first kappa shape index (κ1) is 8.59. The molecule has 62 valence electrons. The second-order valence-electron chi connectivity index (χ2n) is 1.75. The van der Waals surface area contributed by atoms with Gasteiger partial charge >= 0.3 is 77.4 Å². The number of urea groups is 1. The van der Waals surface area contributed by atoms with Crippen molar-refractivity contribution < 1.29 is 30.4 Å². The molecule has 0 aliphatic heterocycles. The first-order valence-corrected chi connectivity index (χ1v) is 4.50. The Hall–Kier alpha value is -0.502. The van der Waals surface area contributed by atoms with Gasteiger partial charge in [-0.15, -0.1) is 0 Å². The van der Waals surface area contributed by atoms with E-state index in [1.54, 1.807) is 13.8 Å². The Kier molecular flexibility index (Phi) is 4.05. The van der Waals surface area contributed by atoms with Gasteiger partial charge in [-0.2, -0.15) is 0 Å². The second kappa shape index (κ2) is 5.19. The summed E-state index contributed by atoms with van der Waals surface area (Å²) in [4.78, 5) is 22.1. The number of carbonyl (C=O) groups excluding carboxylic acids is 2. The fraction of sp³-hybridized carbons (Fsp3) is 0.500. The van der Waals surface area contributed by atoms with Crippen LogP contribution in [0.15, 0.2) is 0 Å². The molecule has 0 spiro atoms. The van der Waals surface area contributed by atoms with Crippen molar-refractivity contribution in [2.75, 3.05) is 6.54 Å². The third kappa shape index (κ3) is 4.04. The van der Waals surface area contributed by atoms with Crippen molar-refractivity contribution in [1.29, 1.82) is 0 Å².